The number of nitrogens with two attached hydrogens (primary N) is 1. The minimum absolute atomic E-state index is 0.232. The summed E-state index contributed by atoms with van der Waals surface area (Å²) >= 11 is 0. The van der Waals surface area contributed by atoms with Gasteiger partial charge in [-0.05, 0) is 111 Å². The molecule has 0 aromatic rings. The van der Waals surface area contributed by atoms with Gasteiger partial charge in [0, 0.05) is 102 Å². The van der Waals surface area contributed by atoms with Crippen LogP contribution in [0, 0.1) is 0 Å². The van der Waals surface area contributed by atoms with Crippen LogP contribution in [0.15, 0.2) is 0 Å². The molecule has 1 atom stereocenters. The number of rotatable bonds is 10. The summed E-state index contributed by atoms with van der Waals surface area (Å²) in [7, 11) is 0. The summed E-state index contributed by atoms with van der Waals surface area (Å²) < 4.78 is 0. The van der Waals surface area contributed by atoms with Crippen molar-refractivity contribution in [3.63, 3.8) is 0 Å². The Labute approximate surface area is 401 Å². The first kappa shape index (κ1) is 64.2. The highest BCUT2D eigenvalue weighted by atomic mass is 16.5. The predicted octanol–water partition coefficient (Wildman–Crippen LogP) is 4.54. The van der Waals surface area contributed by atoms with Gasteiger partial charge in [-0.25, -0.2) is 0 Å². The van der Waals surface area contributed by atoms with Gasteiger partial charge in [0.05, 0.1) is 31.3 Å². The van der Waals surface area contributed by atoms with Crippen LogP contribution in [0.3, 0.4) is 0 Å². The number of ketones is 4. The van der Waals surface area contributed by atoms with E-state index >= 15 is 0 Å². The molecule has 1 unspecified atom stereocenters. The van der Waals surface area contributed by atoms with E-state index in [4.69, 9.17) is 26.2 Å². The number of piperidine rings is 4. The maximum absolute atomic E-state index is 11.3. The van der Waals surface area contributed by atoms with Crippen molar-refractivity contribution in [1.29, 1.82) is 0 Å². The third-order valence-corrected chi connectivity index (χ3v) is 12.3. The molecule has 4 fully saturated rings. The van der Waals surface area contributed by atoms with E-state index in [1.807, 2.05) is 111 Å². The Balaban J connectivity index is 0.000000839. The summed E-state index contributed by atoms with van der Waals surface area (Å²) in [5.74, 6) is -4.63. The number of Topliss-reactive ketones (excluding diaryl/α,β-unsaturated/α-hetero) is 4. The molecule has 22 nitrogen and oxygen atoms in total. The van der Waals surface area contributed by atoms with E-state index in [9.17, 15) is 59.2 Å². The van der Waals surface area contributed by atoms with Crippen molar-refractivity contribution >= 4 is 47.0 Å². The largest absolute Gasteiger partial charge is 0.481 e. The number of hydrogen-bond acceptors (Lipinski definition) is 18. The van der Waals surface area contributed by atoms with Gasteiger partial charge in [0.25, 0.3) is 0 Å². The van der Waals surface area contributed by atoms with Crippen molar-refractivity contribution in [3.8, 4) is 0 Å². The molecule has 0 amide bonds. The minimum atomic E-state index is -1.87. The smallest absolute Gasteiger partial charge is 0.317 e. The van der Waals surface area contributed by atoms with Gasteiger partial charge in [-0.1, -0.05) is 0 Å². The first-order valence-corrected chi connectivity index (χ1v) is 22.5. The Morgan fingerprint density at radius 2 is 0.632 bits per heavy atom. The van der Waals surface area contributed by atoms with E-state index in [2.05, 4.69) is 5.32 Å². The van der Waals surface area contributed by atoms with E-state index in [1.165, 1.54) is 20.3 Å². The first-order valence-electron chi connectivity index (χ1n) is 22.5. The van der Waals surface area contributed by atoms with Crippen LogP contribution in [0.25, 0.3) is 0 Å². The van der Waals surface area contributed by atoms with E-state index in [1.54, 1.807) is 0 Å². The predicted molar refractivity (Wildman–Crippen MR) is 247 cm³/mol. The Kier molecular flexibility index (Phi) is 22.1. The Hall–Kier alpha value is -3.84. The van der Waals surface area contributed by atoms with Crippen LogP contribution in [-0.4, -0.2) is 171 Å². The molecule has 4 aliphatic rings. The van der Waals surface area contributed by atoms with Gasteiger partial charge in [0.1, 0.15) is 23.1 Å². The number of hydrogen-bond donors (Lipinski definition) is 10. The molecule has 0 saturated carbocycles. The third-order valence-electron chi connectivity index (χ3n) is 12.3. The van der Waals surface area contributed by atoms with Crippen LogP contribution in [0.4, 0.5) is 0 Å². The van der Waals surface area contributed by atoms with Gasteiger partial charge >= 0.3 is 23.9 Å². The summed E-state index contributed by atoms with van der Waals surface area (Å²) in [4.78, 5) is 88.1. The molecular weight excluding hydrogens is 893 g/mol. The zero-order valence-electron chi connectivity index (χ0n) is 43.3. The zero-order valence-corrected chi connectivity index (χ0v) is 43.3. The van der Waals surface area contributed by atoms with Crippen molar-refractivity contribution in [2.75, 3.05) is 6.54 Å². The fourth-order valence-corrected chi connectivity index (χ4v) is 9.74. The van der Waals surface area contributed by atoms with Gasteiger partial charge in [-0.3, -0.25) is 43.7 Å². The molecule has 0 radical (unpaired) electrons. The monoisotopic (exact) mass is 977 g/mol. The van der Waals surface area contributed by atoms with Gasteiger partial charge in [-0.15, -0.1) is 0 Å². The molecule has 0 aliphatic carbocycles. The molecule has 4 aliphatic heterocycles. The Morgan fingerprint density at radius 1 is 0.441 bits per heavy atom. The highest BCUT2D eigenvalue weighted by Crippen LogP contribution is 2.37. The average Bonchev–Trinajstić information content (AvgIpc) is 3.08. The fourth-order valence-electron chi connectivity index (χ4n) is 9.74. The van der Waals surface area contributed by atoms with E-state index in [-0.39, 0.29) is 23.1 Å². The van der Waals surface area contributed by atoms with E-state index in [0.29, 0.717) is 51.4 Å². The van der Waals surface area contributed by atoms with Gasteiger partial charge < -0.3 is 47.0 Å². The molecule has 4 saturated heterocycles. The lowest BCUT2D eigenvalue weighted by molar-refractivity contribution is -0.237. The maximum Gasteiger partial charge on any atom is 0.317 e. The summed E-state index contributed by atoms with van der Waals surface area (Å²) in [5, 5.41) is 81.5. The first-order chi connectivity index (χ1) is 30.1. The molecule has 0 spiro atoms. The summed E-state index contributed by atoms with van der Waals surface area (Å²) in [6, 6.07) is -1.38. The molecule has 68 heavy (non-hydrogen) atoms. The molecule has 4 rings (SSSR count). The van der Waals surface area contributed by atoms with Crippen LogP contribution in [0.2, 0.25) is 0 Å². The fraction of sp³-hybridized carbons (Fsp3) is 0.826. The Morgan fingerprint density at radius 3 is 0.779 bits per heavy atom. The van der Waals surface area contributed by atoms with Crippen LogP contribution in [-0.2, 0) is 38.4 Å². The Bertz CT molecular complexity index is 1560. The van der Waals surface area contributed by atoms with Crippen LogP contribution < -0.4 is 11.1 Å². The molecule has 0 aromatic heterocycles. The number of carboxylic acid groups (broad SMARTS) is 4. The maximum atomic E-state index is 11.3. The second-order valence-electron chi connectivity index (χ2n) is 23.6. The molecule has 0 bridgehead atoms. The number of nitrogens with one attached hydrogen (secondary N) is 1. The third kappa shape index (κ3) is 19.2. The second-order valence-corrected chi connectivity index (χ2v) is 23.6. The van der Waals surface area contributed by atoms with Crippen molar-refractivity contribution in [3.05, 3.63) is 0 Å². The topological polar surface area (TPSA) is 349 Å². The molecular formula is C46H84N6O16. The summed E-state index contributed by atoms with van der Waals surface area (Å²) in [6.07, 6.45) is 1.16. The zero-order chi connectivity index (χ0) is 54.2. The normalized spacial score (nSPS) is 24.1. The highest BCUT2D eigenvalue weighted by molar-refractivity contribution is 5.83. The van der Waals surface area contributed by atoms with Gasteiger partial charge in [-0.2, -0.15) is 20.3 Å². The second kappa shape index (κ2) is 23.4. The van der Waals surface area contributed by atoms with Crippen LogP contribution in [0.1, 0.15) is 181 Å². The number of carbonyl (C=O) groups excluding carboxylic acids is 4. The van der Waals surface area contributed by atoms with Gasteiger partial charge in [0.2, 0.25) is 0 Å². The average molecular weight is 977 g/mol. The van der Waals surface area contributed by atoms with Crippen molar-refractivity contribution in [2.24, 2.45) is 5.73 Å². The summed E-state index contributed by atoms with van der Waals surface area (Å²) in [6.45, 7) is 29.4. The SMILES string of the molecule is CC1(C)CC(=O)CC(C)(C)N1O.CC1(C)CC(=O)CC(C)(C)N1O.CC1(C)CC(=O)CC(C)(C)N1O.CC1(C)CC(=O)CC(C)(C)N1O.NC(CC(=O)O)C(CC(=O)O)(CC(=O)O)NCC(=O)O. The highest BCUT2D eigenvalue weighted by Gasteiger charge is 2.48. The molecule has 4 heterocycles. The lowest BCUT2D eigenvalue weighted by atomic mass is 9.81. The number of aliphatic carboxylic acids is 4. The van der Waals surface area contributed by atoms with E-state index in [0.717, 1.165) is 0 Å². The summed E-state index contributed by atoms with van der Waals surface area (Å²) in [5.41, 5.74) is 0.365. The van der Waals surface area contributed by atoms with Crippen molar-refractivity contribution in [1.82, 2.24) is 25.6 Å². The number of carboxylic acids is 4. The minimum Gasteiger partial charge on any atom is -0.481 e. The molecule has 0 aromatic carbocycles. The number of hydroxylamine groups is 8. The molecule has 22 heteroatoms. The van der Waals surface area contributed by atoms with Crippen LogP contribution in [0.5, 0.6) is 0 Å². The van der Waals surface area contributed by atoms with E-state index < -0.39 is 106 Å². The lowest BCUT2D eigenvalue weighted by Crippen LogP contribution is -2.61. The number of nitrogens with zero attached hydrogens (tertiary/aromatic N) is 4. The molecule has 11 N–H and O–H groups in total. The quantitative estimate of drug-likeness (QED) is 0.144. The molecule has 394 valence electrons. The van der Waals surface area contributed by atoms with Crippen molar-refractivity contribution < 1.29 is 79.6 Å². The lowest BCUT2D eigenvalue weighted by Gasteiger charge is -2.47. The number of carbonyl (C=O) groups is 8. The van der Waals surface area contributed by atoms with Crippen LogP contribution >= 0.6 is 0 Å². The van der Waals surface area contributed by atoms with Gasteiger partial charge in [0.15, 0.2) is 0 Å². The standard InChI is InChI=1S/C10H16N2O8.4C9H17NO2/c11-5(1-6(13)14)10(2-7(15)16,3-8(17)18)12-4-9(19)20;4*1-8(2)5-7(11)6-9(3,4)10(8)12/h5,12H,1-4,11H2,(H,13,14)(H,15,16)(H,17,18)(H,19,20);4*12H,5-6H2,1-4H3. The van der Waals surface area contributed by atoms with Crippen molar-refractivity contribution in [2.45, 2.75) is 237 Å².